The lowest BCUT2D eigenvalue weighted by molar-refractivity contribution is -0.143. The van der Waals surface area contributed by atoms with Gasteiger partial charge in [0.2, 0.25) is 0 Å². The number of hydrogen-bond donors (Lipinski definition) is 1. The highest BCUT2D eigenvalue weighted by Crippen LogP contribution is 2.37. The molecule has 0 unspecified atom stereocenters. The Kier molecular flexibility index (Phi) is 5.06. The van der Waals surface area contributed by atoms with E-state index >= 15 is 0 Å². The van der Waals surface area contributed by atoms with Crippen molar-refractivity contribution < 1.29 is 14.3 Å². The van der Waals surface area contributed by atoms with Crippen LogP contribution in [-0.4, -0.2) is 29.6 Å². The summed E-state index contributed by atoms with van der Waals surface area (Å²) in [7, 11) is 0. The second kappa shape index (κ2) is 6.79. The first kappa shape index (κ1) is 14.9. The van der Waals surface area contributed by atoms with Crippen LogP contribution in [0.25, 0.3) is 0 Å². The fraction of sp³-hybridized carbons (Fsp3) is 0.571. The van der Waals surface area contributed by atoms with E-state index in [-0.39, 0.29) is 11.9 Å². The van der Waals surface area contributed by atoms with Gasteiger partial charge in [0.05, 0.1) is 11.6 Å². The molecule has 5 nitrogen and oxygen atoms in total. The molecule has 110 valence electrons. The highest BCUT2D eigenvalue weighted by molar-refractivity contribution is 6.31. The van der Waals surface area contributed by atoms with Gasteiger partial charge in [-0.25, -0.2) is 0 Å². The van der Waals surface area contributed by atoms with Crippen molar-refractivity contribution in [2.24, 2.45) is 0 Å². The van der Waals surface area contributed by atoms with E-state index in [2.05, 4.69) is 5.32 Å². The quantitative estimate of drug-likeness (QED) is 0.621. The summed E-state index contributed by atoms with van der Waals surface area (Å²) in [4.78, 5) is 23.2. The standard InChI is InChI=1S/C14H19ClN2O3/c1-2-20-13(18)4-3-7-16-14(19)12-8-10(15)9-17(12)11-5-6-11/h8-9,11H,2-7H2,1H3,(H,16,19). The number of ether oxygens (including phenoxy) is 1. The molecule has 0 radical (unpaired) electrons. The zero-order chi connectivity index (χ0) is 14.5. The predicted octanol–water partition coefficient (Wildman–Crippen LogP) is 2.55. The second-order valence-electron chi connectivity index (χ2n) is 4.85. The second-order valence-corrected chi connectivity index (χ2v) is 5.28. The highest BCUT2D eigenvalue weighted by Gasteiger charge is 2.27. The lowest BCUT2D eigenvalue weighted by atomic mass is 10.3. The van der Waals surface area contributed by atoms with E-state index in [1.54, 1.807) is 19.2 Å². The Morgan fingerprint density at radius 2 is 2.25 bits per heavy atom. The molecule has 0 spiro atoms. The summed E-state index contributed by atoms with van der Waals surface area (Å²) < 4.78 is 6.76. The normalized spacial score (nSPS) is 14.1. The third kappa shape index (κ3) is 4.00. The van der Waals surface area contributed by atoms with Gasteiger partial charge in [0.25, 0.3) is 5.91 Å². The molecule has 1 N–H and O–H groups in total. The van der Waals surface area contributed by atoms with Crippen LogP contribution in [-0.2, 0) is 9.53 Å². The van der Waals surface area contributed by atoms with Crippen LogP contribution in [0.5, 0.6) is 0 Å². The average molecular weight is 299 g/mol. The third-order valence-corrected chi connectivity index (χ3v) is 3.34. The van der Waals surface area contributed by atoms with Crippen molar-refractivity contribution in [3.8, 4) is 0 Å². The molecule has 0 saturated heterocycles. The van der Waals surface area contributed by atoms with Crippen molar-refractivity contribution >= 4 is 23.5 Å². The van der Waals surface area contributed by atoms with Crippen LogP contribution in [0.2, 0.25) is 5.02 Å². The Labute approximate surface area is 123 Å². The number of hydrogen-bond acceptors (Lipinski definition) is 3. The molecule has 1 aliphatic rings. The summed E-state index contributed by atoms with van der Waals surface area (Å²) in [6.07, 6.45) is 4.87. The van der Waals surface area contributed by atoms with Crippen LogP contribution in [0.15, 0.2) is 12.3 Å². The van der Waals surface area contributed by atoms with E-state index in [1.165, 1.54) is 0 Å². The number of amides is 1. The Hall–Kier alpha value is -1.49. The monoisotopic (exact) mass is 298 g/mol. The summed E-state index contributed by atoms with van der Waals surface area (Å²) in [5, 5.41) is 3.38. The number of halogens is 1. The van der Waals surface area contributed by atoms with Crippen LogP contribution in [0, 0.1) is 0 Å². The molecule has 1 saturated carbocycles. The number of aromatic nitrogens is 1. The van der Waals surface area contributed by atoms with Crippen LogP contribution in [0.4, 0.5) is 0 Å². The average Bonchev–Trinajstić information content (AvgIpc) is 3.18. The molecule has 1 amide bonds. The van der Waals surface area contributed by atoms with Crippen LogP contribution in [0.3, 0.4) is 0 Å². The number of rotatable bonds is 7. The molecule has 0 aromatic carbocycles. The van der Waals surface area contributed by atoms with E-state index in [1.807, 2.05) is 4.57 Å². The fourth-order valence-corrected chi connectivity index (χ4v) is 2.25. The first-order chi connectivity index (χ1) is 9.61. The molecule has 1 heterocycles. The van der Waals surface area contributed by atoms with Crippen LogP contribution >= 0.6 is 11.6 Å². The molecule has 1 aromatic rings. The number of carbonyl (C=O) groups is 2. The summed E-state index contributed by atoms with van der Waals surface area (Å²) in [6, 6.07) is 2.09. The van der Waals surface area contributed by atoms with Crippen molar-refractivity contribution in [3.05, 3.63) is 23.0 Å². The van der Waals surface area contributed by atoms with Gasteiger partial charge in [-0.3, -0.25) is 9.59 Å². The van der Waals surface area contributed by atoms with Crippen LogP contribution in [0.1, 0.15) is 49.1 Å². The summed E-state index contributed by atoms with van der Waals surface area (Å²) in [6.45, 7) is 2.61. The number of nitrogens with zero attached hydrogens (tertiary/aromatic N) is 1. The van der Waals surface area contributed by atoms with Gasteiger partial charge in [0, 0.05) is 25.2 Å². The van der Waals surface area contributed by atoms with Gasteiger partial charge in [0.15, 0.2) is 0 Å². The van der Waals surface area contributed by atoms with Gasteiger partial charge < -0.3 is 14.6 Å². The summed E-state index contributed by atoms with van der Waals surface area (Å²) in [5.41, 5.74) is 0.591. The van der Waals surface area contributed by atoms with Gasteiger partial charge in [-0.2, -0.15) is 0 Å². The van der Waals surface area contributed by atoms with Gasteiger partial charge in [-0.05, 0) is 32.3 Å². The van der Waals surface area contributed by atoms with Crippen molar-refractivity contribution in [2.45, 2.75) is 38.6 Å². The largest absolute Gasteiger partial charge is 0.466 e. The first-order valence-corrected chi connectivity index (χ1v) is 7.30. The molecular formula is C14H19ClN2O3. The Bertz CT molecular complexity index is 495. The molecule has 0 bridgehead atoms. The smallest absolute Gasteiger partial charge is 0.305 e. The molecule has 2 rings (SSSR count). The lowest BCUT2D eigenvalue weighted by Crippen LogP contribution is -2.27. The maximum absolute atomic E-state index is 12.1. The number of esters is 1. The minimum Gasteiger partial charge on any atom is -0.466 e. The van der Waals surface area contributed by atoms with E-state index in [0.717, 1.165) is 12.8 Å². The molecule has 0 aliphatic heterocycles. The molecule has 1 aromatic heterocycles. The Balaban J connectivity index is 1.79. The summed E-state index contributed by atoms with van der Waals surface area (Å²) in [5.74, 6) is -0.376. The fourth-order valence-electron chi connectivity index (χ4n) is 2.04. The molecule has 0 atom stereocenters. The van der Waals surface area contributed by atoms with Crippen LogP contribution < -0.4 is 5.32 Å². The summed E-state index contributed by atoms with van der Waals surface area (Å²) >= 11 is 5.96. The highest BCUT2D eigenvalue weighted by atomic mass is 35.5. The SMILES string of the molecule is CCOC(=O)CCCNC(=O)c1cc(Cl)cn1C1CC1. The number of carbonyl (C=O) groups excluding carboxylic acids is 2. The minimum absolute atomic E-state index is 0.146. The molecule has 1 fully saturated rings. The molecule has 1 aliphatic carbocycles. The Morgan fingerprint density at radius 3 is 2.90 bits per heavy atom. The van der Waals surface area contributed by atoms with Gasteiger partial charge in [-0.15, -0.1) is 0 Å². The predicted molar refractivity (Wildman–Crippen MR) is 75.9 cm³/mol. The third-order valence-electron chi connectivity index (χ3n) is 3.14. The van der Waals surface area contributed by atoms with E-state index < -0.39 is 0 Å². The zero-order valence-corrected chi connectivity index (χ0v) is 12.3. The molecular weight excluding hydrogens is 280 g/mol. The Morgan fingerprint density at radius 1 is 1.50 bits per heavy atom. The van der Waals surface area contributed by atoms with E-state index in [9.17, 15) is 9.59 Å². The van der Waals surface area contributed by atoms with Gasteiger partial charge in [0.1, 0.15) is 5.69 Å². The van der Waals surface area contributed by atoms with Gasteiger partial charge >= 0.3 is 5.97 Å². The maximum Gasteiger partial charge on any atom is 0.305 e. The maximum atomic E-state index is 12.1. The first-order valence-electron chi connectivity index (χ1n) is 6.93. The number of nitrogens with one attached hydrogen (secondary N) is 1. The van der Waals surface area contributed by atoms with Crippen molar-refractivity contribution in [2.75, 3.05) is 13.2 Å². The zero-order valence-electron chi connectivity index (χ0n) is 11.5. The topological polar surface area (TPSA) is 60.3 Å². The molecule has 20 heavy (non-hydrogen) atoms. The van der Waals surface area contributed by atoms with Crippen molar-refractivity contribution in [3.63, 3.8) is 0 Å². The van der Waals surface area contributed by atoms with Crippen molar-refractivity contribution in [1.82, 2.24) is 9.88 Å². The molecule has 6 heteroatoms. The minimum atomic E-state index is -0.230. The van der Waals surface area contributed by atoms with Gasteiger partial charge in [-0.1, -0.05) is 11.6 Å². The van der Waals surface area contributed by atoms with Crippen molar-refractivity contribution in [1.29, 1.82) is 0 Å². The van der Waals surface area contributed by atoms with E-state index in [0.29, 0.717) is 42.8 Å². The lowest BCUT2D eigenvalue weighted by Gasteiger charge is -2.08. The van der Waals surface area contributed by atoms with E-state index in [4.69, 9.17) is 16.3 Å².